The average molecular weight is 441 g/mol. The average Bonchev–Trinajstić information content (AvgIpc) is 3.22. The highest BCUT2D eigenvalue weighted by molar-refractivity contribution is 5.93. The quantitative estimate of drug-likeness (QED) is 0.655. The number of nitrogens with one attached hydrogen (secondary N) is 3. The van der Waals surface area contributed by atoms with Crippen molar-refractivity contribution >= 4 is 17.7 Å². The maximum absolute atomic E-state index is 13.5. The molecule has 0 bridgehead atoms. The number of carbonyl (C=O) groups is 3. The second-order valence-electron chi connectivity index (χ2n) is 9.50. The van der Waals surface area contributed by atoms with Gasteiger partial charge in [0.25, 0.3) is 0 Å². The number of rotatable bonds is 5. The number of hydrogen-bond donors (Lipinski definition) is 3. The third-order valence-corrected chi connectivity index (χ3v) is 7.47. The summed E-state index contributed by atoms with van der Waals surface area (Å²) in [7, 11) is 1.73. The van der Waals surface area contributed by atoms with E-state index in [1.807, 2.05) is 12.1 Å². The molecule has 174 valence electrons. The lowest BCUT2D eigenvalue weighted by atomic mass is 9.87. The zero-order chi connectivity index (χ0) is 22.7. The standard InChI is InChI=1S/C25H36N4O3/c1-16(26-2)23(30)28-21-12-6-4-10-18-14-15-22(29(18)25(21)32)24(31)27-20-13-7-9-17-8-3-5-11-19(17)20/h3,5,8,11,16,18,20-22,26H,4,6-7,9-10,12-15H2,1-2H3,(H,27,31)(H,28,30)/t16-,18-,20?,21?,22?/m0/s1. The molecule has 3 aliphatic rings. The molecule has 2 heterocycles. The van der Waals surface area contributed by atoms with E-state index in [-0.39, 0.29) is 35.8 Å². The Balaban J connectivity index is 1.49. The van der Waals surface area contributed by atoms with Crippen molar-refractivity contribution in [2.75, 3.05) is 7.05 Å². The Hall–Kier alpha value is -2.41. The fourth-order valence-corrected chi connectivity index (χ4v) is 5.52. The molecule has 7 nitrogen and oxygen atoms in total. The van der Waals surface area contributed by atoms with Crippen LogP contribution in [-0.2, 0) is 20.8 Å². The van der Waals surface area contributed by atoms with Crippen molar-refractivity contribution in [2.24, 2.45) is 0 Å². The van der Waals surface area contributed by atoms with Crippen LogP contribution in [-0.4, -0.2) is 53.8 Å². The Labute approximate surface area is 190 Å². The SMILES string of the molecule is CN[C@@H](C)C(=O)NC1CCCC[C@H]2CCC(C(=O)NC3CCCc4ccccc43)N2C1=O. The van der Waals surface area contributed by atoms with Crippen LogP contribution in [0.5, 0.6) is 0 Å². The number of benzene rings is 1. The molecule has 0 aromatic heterocycles. The molecule has 7 heteroatoms. The molecule has 3 unspecified atom stereocenters. The third kappa shape index (κ3) is 4.68. The van der Waals surface area contributed by atoms with Gasteiger partial charge in [0.1, 0.15) is 12.1 Å². The molecule has 1 aromatic rings. The lowest BCUT2D eigenvalue weighted by Crippen LogP contribution is -2.58. The van der Waals surface area contributed by atoms with Gasteiger partial charge in [0, 0.05) is 6.04 Å². The Bertz CT molecular complexity index is 857. The molecule has 32 heavy (non-hydrogen) atoms. The highest BCUT2D eigenvalue weighted by atomic mass is 16.2. The van der Waals surface area contributed by atoms with Gasteiger partial charge in [0.15, 0.2) is 0 Å². The Kier molecular flexibility index (Phi) is 7.13. The van der Waals surface area contributed by atoms with Gasteiger partial charge in [-0.3, -0.25) is 14.4 Å². The molecule has 1 aromatic carbocycles. The van der Waals surface area contributed by atoms with Gasteiger partial charge in [-0.25, -0.2) is 0 Å². The van der Waals surface area contributed by atoms with Crippen molar-refractivity contribution in [1.82, 2.24) is 20.9 Å². The Morgan fingerprint density at radius 2 is 1.72 bits per heavy atom. The summed E-state index contributed by atoms with van der Waals surface area (Å²) in [6, 6.07) is 7.01. The largest absolute Gasteiger partial charge is 0.347 e. The van der Waals surface area contributed by atoms with Crippen LogP contribution >= 0.6 is 0 Å². The van der Waals surface area contributed by atoms with Gasteiger partial charge in [-0.15, -0.1) is 0 Å². The molecule has 4 rings (SSSR count). The first-order valence-corrected chi connectivity index (χ1v) is 12.2. The van der Waals surface area contributed by atoms with Crippen molar-refractivity contribution in [1.29, 1.82) is 0 Å². The zero-order valence-corrected chi connectivity index (χ0v) is 19.2. The normalized spacial score (nSPS) is 28.7. The van der Waals surface area contributed by atoms with E-state index in [0.29, 0.717) is 12.8 Å². The minimum atomic E-state index is -0.565. The first kappa shape index (κ1) is 22.8. The summed E-state index contributed by atoms with van der Waals surface area (Å²) in [5.41, 5.74) is 2.50. The van der Waals surface area contributed by atoms with E-state index in [9.17, 15) is 14.4 Å². The number of hydrogen-bond acceptors (Lipinski definition) is 4. The molecular formula is C25H36N4O3. The minimum Gasteiger partial charge on any atom is -0.347 e. The van der Waals surface area contributed by atoms with Crippen molar-refractivity contribution in [2.45, 2.75) is 94.9 Å². The predicted octanol–water partition coefficient (Wildman–Crippen LogP) is 2.21. The summed E-state index contributed by atoms with van der Waals surface area (Å²) >= 11 is 0. The van der Waals surface area contributed by atoms with E-state index in [4.69, 9.17) is 0 Å². The Morgan fingerprint density at radius 1 is 0.969 bits per heavy atom. The van der Waals surface area contributed by atoms with E-state index in [0.717, 1.165) is 44.9 Å². The third-order valence-electron chi connectivity index (χ3n) is 7.47. The summed E-state index contributed by atoms with van der Waals surface area (Å²) in [5, 5.41) is 9.11. The van der Waals surface area contributed by atoms with Gasteiger partial charge >= 0.3 is 0 Å². The summed E-state index contributed by atoms with van der Waals surface area (Å²) in [4.78, 5) is 41.2. The molecule has 3 N–H and O–H groups in total. The lowest BCUT2D eigenvalue weighted by Gasteiger charge is -2.36. The molecule has 3 amide bonds. The highest BCUT2D eigenvalue weighted by Crippen LogP contribution is 2.33. The van der Waals surface area contributed by atoms with Crippen LogP contribution in [0.3, 0.4) is 0 Å². The second kappa shape index (κ2) is 10.0. The minimum absolute atomic E-state index is 0.00309. The van der Waals surface area contributed by atoms with Crippen molar-refractivity contribution in [3.63, 3.8) is 0 Å². The zero-order valence-electron chi connectivity index (χ0n) is 19.2. The molecule has 0 radical (unpaired) electrons. The first-order chi connectivity index (χ1) is 15.5. The Morgan fingerprint density at radius 3 is 2.53 bits per heavy atom. The molecule has 5 atom stereocenters. The van der Waals surface area contributed by atoms with E-state index < -0.39 is 12.1 Å². The van der Waals surface area contributed by atoms with Gasteiger partial charge < -0.3 is 20.9 Å². The number of amides is 3. The van der Waals surface area contributed by atoms with E-state index in [1.165, 1.54) is 11.1 Å². The summed E-state index contributed by atoms with van der Waals surface area (Å²) in [6.45, 7) is 1.78. The second-order valence-corrected chi connectivity index (χ2v) is 9.50. The van der Waals surface area contributed by atoms with Crippen molar-refractivity contribution < 1.29 is 14.4 Å². The highest BCUT2D eigenvalue weighted by Gasteiger charge is 2.44. The van der Waals surface area contributed by atoms with Crippen LogP contribution in [0.4, 0.5) is 0 Å². The molecule has 1 aliphatic carbocycles. The summed E-state index contributed by atoms with van der Waals surface area (Å²) in [6.07, 6.45) is 8.01. The van der Waals surface area contributed by atoms with Gasteiger partial charge in [0.05, 0.1) is 12.1 Å². The first-order valence-electron chi connectivity index (χ1n) is 12.2. The number of carbonyl (C=O) groups excluding carboxylic acids is 3. The van der Waals surface area contributed by atoms with Gasteiger partial charge in [0.2, 0.25) is 17.7 Å². The molecule has 0 spiro atoms. The molecule has 2 aliphatic heterocycles. The van der Waals surface area contributed by atoms with E-state index in [1.54, 1.807) is 18.9 Å². The number of likely N-dealkylation sites (N-methyl/N-ethyl adjacent to an activating group) is 1. The molecular weight excluding hydrogens is 404 g/mol. The van der Waals surface area contributed by atoms with Crippen LogP contribution < -0.4 is 16.0 Å². The number of aryl methyl sites for hydroxylation is 1. The van der Waals surface area contributed by atoms with E-state index in [2.05, 4.69) is 28.1 Å². The summed E-state index contributed by atoms with van der Waals surface area (Å²) in [5.74, 6) is -0.341. The fourth-order valence-electron chi connectivity index (χ4n) is 5.52. The topological polar surface area (TPSA) is 90.5 Å². The number of nitrogens with zero attached hydrogens (tertiary/aromatic N) is 1. The van der Waals surface area contributed by atoms with Crippen LogP contribution in [0.2, 0.25) is 0 Å². The van der Waals surface area contributed by atoms with Crippen LogP contribution in [0.25, 0.3) is 0 Å². The maximum Gasteiger partial charge on any atom is 0.246 e. The lowest BCUT2D eigenvalue weighted by molar-refractivity contribution is -0.144. The maximum atomic E-state index is 13.5. The molecule has 2 fully saturated rings. The smallest absolute Gasteiger partial charge is 0.246 e. The van der Waals surface area contributed by atoms with Crippen LogP contribution in [0, 0.1) is 0 Å². The number of fused-ring (bicyclic) bond motifs is 2. The molecule has 0 saturated carbocycles. The van der Waals surface area contributed by atoms with E-state index >= 15 is 0 Å². The van der Waals surface area contributed by atoms with Gasteiger partial charge in [-0.05, 0) is 70.0 Å². The fraction of sp³-hybridized carbons (Fsp3) is 0.640. The van der Waals surface area contributed by atoms with Crippen molar-refractivity contribution in [3.05, 3.63) is 35.4 Å². The van der Waals surface area contributed by atoms with Crippen LogP contribution in [0.1, 0.15) is 75.5 Å². The predicted molar refractivity (Wildman–Crippen MR) is 123 cm³/mol. The summed E-state index contributed by atoms with van der Waals surface area (Å²) < 4.78 is 0. The van der Waals surface area contributed by atoms with Gasteiger partial charge in [-0.1, -0.05) is 37.1 Å². The van der Waals surface area contributed by atoms with Gasteiger partial charge in [-0.2, -0.15) is 0 Å². The molecule has 2 saturated heterocycles. The monoisotopic (exact) mass is 440 g/mol. The van der Waals surface area contributed by atoms with Crippen LogP contribution in [0.15, 0.2) is 24.3 Å². The van der Waals surface area contributed by atoms with Crippen molar-refractivity contribution in [3.8, 4) is 0 Å².